The van der Waals surface area contributed by atoms with E-state index in [1.54, 1.807) is 31.2 Å². The van der Waals surface area contributed by atoms with Crippen LogP contribution < -0.4 is 16.0 Å². The van der Waals surface area contributed by atoms with Crippen molar-refractivity contribution in [3.63, 3.8) is 0 Å². The summed E-state index contributed by atoms with van der Waals surface area (Å²) in [5, 5.41) is 26.5. The third-order valence-electron chi connectivity index (χ3n) is 6.54. The number of ketones is 1. The molecule has 206 valence electrons. The van der Waals surface area contributed by atoms with Crippen LogP contribution >= 0.6 is 0 Å². The fourth-order valence-electron chi connectivity index (χ4n) is 4.50. The Hall–Kier alpha value is -4.44. The number of nitrogens with zero attached hydrogens (tertiary/aromatic N) is 2. The van der Waals surface area contributed by atoms with Crippen LogP contribution in [0.15, 0.2) is 71.6 Å². The van der Waals surface area contributed by atoms with Crippen molar-refractivity contribution in [2.45, 2.75) is 39.7 Å². The van der Waals surface area contributed by atoms with E-state index >= 15 is 0 Å². The van der Waals surface area contributed by atoms with E-state index in [2.05, 4.69) is 17.1 Å². The first-order chi connectivity index (χ1) is 18.6. The number of carbonyl (C=O) groups is 3. The van der Waals surface area contributed by atoms with Crippen LogP contribution in [0.1, 0.15) is 55.1 Å². The number of aliphatic hydroxyl groups excluding tert-OH is 2. The zero-order valence-electron chi connectivity index (χ0n) is 22.3. The van der Waals surface area contributed by atoms with Crippen molar-refractivity contribution in [2.24, 2.45) is 16.8 Å². The van der Waals surface area contributed by atoms with Gasteiger partial charge in [-0.15, -0.1) is 0 Å². The van der Waals surface area contributed by atoms with Crippen LogP contribution in [-0.2, 0) is 14.4 Å². The molecule has 39 heavy (non-hydrogen) atoms. The summed E-state index contributed by atoms with van der Waals surface area (Å²) in [6.45, 7) is 9.10. The van der Waals surface area contributed by atoms with E-state index in [1.165, 1.54) is 29.2 Å². The van der Waals surface area contributed by atoms with Crippen molar-refractivity contribution in [3.8, 4) is 0 Å². The zero-order chi connectivity index (χ0) is 28.7. The standard InChI is InChI=1S/C29H34N4O6/c1-5-18(6-2)24-23(25(35)19-7-9-21(10-8-19)28(37)31-15-16-34)26(36)29(38)33(24)22-13-11-20(12-14-22)27(30)32-39-17(3)4/h7-14,18,24,34-35H,3,5-6,15-16H2,1-2,4H3,(H2,30,32)(H,31,37). The molecule has 1 fully saturated rings. The minimum Gasteiger partial charge on any atom is -0.507 e. The maximum absolute atomic E-state index is 13.3. The Morgan fingerprint density at radius 1 is 1.08 bits per heavy atom. The number of aliphatic hydroxyl groups is 2. The molecule has 5 N–H and O–H groups in total. The SMILES string of the molecule is C=C(C)O/N=C(\N)c1ccc(N2C(=O)C(=O)C(=C(O)c3ccc(C(=O)NCCO)cc3)C2C(CC)CC)cc1. The van der Waals surface area contributed by atoms with E-state index in [4.69, 9.17) is 15.7 Å². The topological polar surface area (TPSA) is 155 Å². The van der Waals surface area contributed by atoms with Gasteiger partial charge in [-0.3, -0.25) is 19.3 Å². The third-order valence-corrected chi connectivity index (χ3v) is 6.54. The lowest BCUT2D eigenvalue weighted by atomic mass is 9.87. The lowest BCUT2D eigenvalue weighted by Crippen LogP contribution is -2.39. The van der Waals surface area contributed by atoms with Crippen LogP contribution in [-0.4, -0.2) is 52.8 Å². The first-order valence-electron chi connectivity index (χ1n) is 12.7. The zero-order valence-corrected chi connectivity index (χ0v) is 22.3. The molecule has 2 amide bonds. The summed E-state index contributed by atoms with van der Waals surface area (Å²) in [5.41, 5.74) is 7.65. The maximum atomic E-state index is 13.3. The highest BCUT2D eigenvalue weighted by atomic mass is 16.6. The van der Waals surface area contributed by atoms with Gasteiger partial charge in [0.2, 0.25) is 0 Å². The lowest BCUT2D eigenvalue weighted by Gasteiger charge is -2.31. The van der Waals surface area contributed by atoms with Crippen LogP contribution in [0, 0.1) is 5.92 Å². The summed E-state index contributed by atoms with van der Waals surface area (Å²) in [4.78, 5) is 45.2. The Morgan fingerprint density at radius 3 is 2.18 bits per heavy atom. The summed E-state index contributed by atoms with van der Waals surface area (Å²) in [5.74, 6) is -1.82. The van der Waals surface area contributed by atoms with E-state index in [1.807, 2.05) is 13.8 Å². The number of rotatable bonds is 11. The Bertz CT molecular complexity index is 1290. The van der Waals surface area contributed by atoms with Crippen molar-refractivity contribution in [3.05, 3.63) is 83.1 Å². The smallest absolute Gasteiger partial charge is 0.299 e. The molecule has 1 unspecified atom stereocenters. The highest BCUT2D eigenvalue weighted by Crippen LogP contribution is 2.38. The number of Topliss-reactive ketones (excluding diaryl/α,β-unsaturated/α-hetero) is 1. The van der Waals surface area contributed by atoms with E-state index in [0.717, 1.165) is 0 Å². The summed E-state index contributed by atoms with van der Waals surface area (Å²) in [6, 6.07) is 12.0. The van der Waals surface area contributed by atoms with Gasteiger partial charge in [0.05, 0.1) is 18.2 Å². The molecule has 0 bridgehead atoms. The van der Waals surface area contributed by atoms with Crippen molar-refractivity contribution in [1.29, 1.82) is 0 Å². The molecule has 10 nitrogen and oxygen atoms in total. The molecule has 1 atom stereocenters. The molecule has 0 aromatic heterocycles. The second-order valence-corrected chi connectivity index (χ2v) is 9.16. The summed E-state index contributed by atoms with van der Waals surface area (Å²) in [6.07, 6.45) is 1.32. The van der Waals surface area contributed by atoms with E-state index in [0.29, 0.717) is 41.0 Å². The number of hydrogen-bond donors (Lipinski definition) is 4. The van der Waals surface area contributed by atoms with Crippen molar-refractivity contribution < 1.29 is 29.4 Å². The predicted molar refractivity (Wildman–Crippen MR) is 149 cm³/mol. The van der Waals surface area contributed by atoms with Crippen LogP contribution in [0.25, 0.3) is 5.76 Å². The lowest BCUT2D eigenvalue weighted by molar-refractivity contribution is -0.132. The van der Waals surface area contributed by atoms with E-state index in [9.17, 15) is 19.5 Å². The molecular weight excluding hydrogens is 500 g/mol. The number of allylic oxidation sites excluding steroid dienone is 1. The normalized spacial score (nSPS) is 17.0. The molecule has 0 saturated carbocycles. The summed E-state index contributed by atoms with van der Waals surface area (Å²) in [7, 11) is 0. The van der Waals surface area contributed by atoms with Crippen molar-refractivity contribution in [2.75, 3.05) is 18.1 Å². The minimum atomic E-state index is -0.783. The molecule has 0 spiro atoms. The van der Waals surface area contributed by atoms with Gasteiger partial charge in [-0.05, 0) is 49.2 Å². The molecule has 2 aromatic carbocycles. The van der Waals surface area contributed by atoms with Gasteiger partial charge >= 0.3 is 0 Å². The maximum Gasteiger partial charge on any atom is 0.299 e. The number of nitrogens with one attached hydrogen (secondary N) is 1. The number of benzene rings is 2. The second-order valence-electron chi connectivity index (χ2n) is 9.16. The van der Waals surface area contributed by atoms with Gasteiger partial charge < -0.3 is 26.1 Å². The van der Waals surface area contributed by atoms with Gasteiger partial charge in [0.1, 0.15) is 11.5 Å². The molecule has 1 aliphatic rings. The largest absolute Gasteiger partial charge is 0.507 e. The van der Waals surface area contributed by atoms with Gasteiger partial charge in [-0.25, -0.2) is 0 Å². The van der Waals surface area contributed by atoms with Gasteiger partial charge in [0, 0.05) is 28.9 Å². The highest BCUT2D eigenvalue weighted by molar-refractivity contribution is 6.51. The average Bonchev–Trinajstić information content (AvgIpc) is 3.20. The Balaban J connectivity index is 2.02. The average molecular weight is 535 g/mol. The minimum absolute atomic E-state index is 0.0196. The fraction of sp³-hybridized carbons (Fsp3) is 0.310. The van der Waals surface area contributed by atoms with E-state index < -0.39 is 17.7 Å². The number of anilines is 1. The molecule has 1 saturated heterocycles. The van der Waals surface area contributed by atoms with Gasteiger partial charge in [0.25, 0.3) is 17.6 Å². The summed E-state index contributed by atoms with van der Waals surface area (Å²) < 4.78 is 0. The Labute approximate surface area is 227 Å². The summed E-state index contributed by atoms with van der Waals surface area (Å²) >= 11 is 0. The van der Waals surface area contributed by atoms with Crippen LogP contribution in [0.4, 0.5) is 5.69 Å². The predicted octanol–water partition coefficient (Wildman–Crippen LogP) is 3.27. The molecule has 1 heterocycles. The number of carbonyl (C=O) groups excluding carboxylic acids is 3. The number of hydrogen-bond acceptors (Lipinski definition) is 7. The van der Waals surface area contributed by atoms with Crippen LogP contribution in [0.5, 0.6) is 0 Å². The molecule has 0 aliphatic carbocycles. The molecule has 0 radical (unpaired) electrons. The molecule has 3 rings (SSSR count). The number of nitrogens with two attached hydrogens (primary N) is 1. The van der Waals surface area contributed by atoms with Gasteiger partial charge in [-0.1, -0.05) is 50.6 Å². The second kappa shape index (κ2) is 12.9. The molecule has 1 aliphatic heterocycles. The van der Waals surface area contributed by atoms with Crippen LogP contribution in [0.3, 0.4) is 0 Å². The molecule has 10 heteroatoms. The first-order valence-corrected chi connectivity index (χ1v) is 12.7. The van der Waals surface area contributed by atoms with Crippen LogP contribution in [0.2, 0.25) is 0 Å². The van der Waals surface area contributed by atoms with E-state index in [-0.39, 0.29) is 42.1 Å². The fourth-order valence-corrected chi connectivity index (χ4v) is 4.50. The van der Waals surface area contributed by atoms with Gasteiger partial charge in [-0.2, -0.15) is 0 Å². The third kappa shape index (κ3) is 6.35. The van der Waals surface area contributed by atoms with Crippen molar-refractivity contribution in [1.82, 2.24) is 5.32 Å². The Morgan fingerprint density at radius 2 is 1.64 bits per heavy atom. The van der Waals surface area contributed by atoms with Gasteiger partial charge in [0.15, 0.2) is 5.84 Å². The molecular formula is C29H34N4O6. The molecule has 2 aromatic rings. The van der Waals surface area contributed by atoms with Crippen molar-refractivity contribution >= 4 is 34.9 Å². The monoisotopic (exact) mass is 534 g/mol. The number of amidine groups is 1. The quantitative estimate of drug-likeness (QED) is 0.0861. The first kappa shape index (κ1) is 29.1. The Kier molecular flexibility index (Phi) is 9.62. The number of oxime groups is 1. The highest BCUT2D eigenvalue weighted by Gasteiger charge is 2.48. The number of amides is 2.